The first-order valence-corrected chi connectivity index (χ1v) is 33.0. The van der Waals surface area contributed by atoms with Gasteiger partial charge < -0.3 is 80.9 Å². The number of halogens is 3. The van der Waals surface area contributed by atoms with Crippen molar-refractivity contribution in [2.45, 2.75) is 76.1 Å². The molecule has 0 saturated heterocycles. The third kappa shape index (κ3) is 16.5. The molecule has 0 fully saturated rings. The van der Waals surface area contributed by atoms with Gasteiger partial charge in [-0.25, -0.2) is 13.2 Å². The second-order valence-electron chi connectivity index (χ2n) is 24.3. The SMILES string of the molecule is COC(=O)Cc1coc2cc(O[C@@H]3CCc4c(O)ccc(F)c43)ccc12.COC(=O)Cc1coc2cc(O[C@@H]3CCc4c(Oc5ccc(OC)cc5)ccc(F)c43)ccc12.COc1ccc(B(O)O)cc1.COc1ccc(Oc2ccc(F)c3c2CC[C@H]3Oc2ccc3c(CC(=O)O)coc3c2)cc1. The Labute approximate surface area is 594 Å². The van der Waals surface area contributed by atoms with Crippen molar-refractivity contribution in [3.63, 3.8) is 0 Å². The number of carboxylic acid groups (broad SMARTS) is 1. The van der Waals surface area contributed by atoms with Gasteiger partial charge >= 0.3 is 25.0 Å². The van der Waals surface area contributed by atoms with Gasteiger partial charge in [0.05, 0.1) is 73.6 Å². The monoisotopic (exact) mass is 1420 g/mol. The number of carbonyl (C=O) groups excluding carboxylic acids is 2. The van der Waals surface area contributed by atoms with Crippen LogP contribution in [0.25, 0.3) is 32.9 Å². The van der Waals surface area contributed by atoms with Gasteiger partial charge in [-0.05, 0) is 177 Å². The maximum Gasteiger partial charge on any atom is 0.488 e. The van der Waals surface area contributed by atoms with Crippen LogP contribution < -0.4 is 43.4 Å². The number of rotatable bonds is 20. The highest BCUT2D eigenvalue weighted by atomic mass is 19.1. The number of aromatic hydroxyl groups is 1. The Morgan fingerprint density at radius 3 is 1.11 bits per heavy atom. The second kappa shape index (κ2) is 32.3. The first-order valence-electron chi connectivity index (χ1n) is 33.0. The summed E-state index contributed by atoms with van der Waals surface area (Å²) in [5.74, 6) is 3.73. The van der Waals surface area contributed by atoms with Crippen LogP contribution in [-0.2, 0) is 62.4 Å². The van der Waals surface area contributed by atoms with Gasteiger partial charge in [0.15, 0.2) is 0 Å². The number of phenols is 1. The summed E-state index contributed by atoms with van der Waals surface area (Å²) in [7, 11) is 6.05. The fraction of sp³-hybridized carbons (Fsp3) is 0.212. The molecule has 3 aliphatic rings. The van der Waals surface area contributed by atoms with E-state index in [4.69, 9.17) is 71.0 Å². The van der Waals surface area contributed by atoms with Crippen molar-refractivity contribution in [2.24, 2.45) is 0 Å². The summed E-state index contributed by atoms with van der Waals surface area (Å²) in [6.07, 6.45) is 6.91. The number of hydrogen-bond donors (Lipinski definition) is 4. The van der Waals surface area contributed by atoms with Gasteiger partial charge in [-0.15, -0.1) is 0 Å². The van der Waals surface area contributed by atoms with Crippen LogP contribution in [0.4, 0.5) is 13.2 Å². The van der Waals surface area contributed by atoms with Crippen LogP contribution in [0.15, 0.2) is 196 Å². The minimum Gasteiger partial charge on any atom is -0.508 e. The first-order chi connectivity index (χ1) is 50.4. The zero-order valence-electron chi connectivity index (χ0n) is 56.9. The van der Waals surface area contributed by atoms with E-state index in [-0.39, 0.29) is 54.4 Å². The number of fused-ring (bicyclic) bond motifs is 6. The highest BCUT2D eigenvalue weighted by molar-refractivity contribution is 6.58. The van der Waals surface area contributed by atoms with Crippen molar-refractivity contribution in [2.75, 3.05) is 35.5 Å². The maximum atomic E-state index is 14.9. The van der Waals surface area contributed by atoms with Gasteiger partial charge in [0.2, 0.25) is 0 Å². The molecule has 12 aromatic rings. The second-order valence-corrected chi connectivity index (χ2v) is 24.3. The standard InChI is InChI=1S/C27H23FO6.C26H21FO6.C20H17FO5.C7H9BO3/c1-30-17-3-5-18(6-4-17)33-23-12-10-22(28)27-21(23)9-11-24(27)34-19-7-8-20-16(13-26(29)31-2)15-32-25(20)14-19;1-30-16-2-4-17(5-3-16)32-22-11-9-21(27)26-20(22)8-10-23(26)33-18-6-7-19-15(12-25(28)29)14-31-24(19)13-18;1-24-19(23)8-11-10-25-18-9-12(2-3-13(11)18)26-17-7-4-14-16(22)6-5-15(21)20(14)17;1-11-7-4-2-6(3-5-7)8(9)10/h3-8,10,12,14-15,24H,9,11,13H2,1-2H3;2-7,9,11,13-14,23H,8,10,12H2,1H3,(H,28,29);2-3,5-6,9-10,17,22H,4,7-8H2,1H3;2-5,9-10H,1H3/t24-;23-;17-;/m111./s1. The van der Waals surface area contributed by atoms with Crippen molar-refractivity contribution < 1.29 is 108 Å². The fourth-order valence-electron chi connectivity index (χ4n) is 12.7. The molecule has 3 aromatic heterocycles. The van der Waals surface area contributed by atoms with Crippen LogP contribution in [0.2, 0.25) is 0 Å². The number of methoxy groups -OCH3 is 5. The summed E-state index contributed by atoms with van der Waals surface area (Å²) in [4.78, 5) is 34.1. The third-order valence-electron chi connectivity index (χ3n) is 17.9. The van der Waals surface area contributed by atoms with E-state index in [0.29, 0.717) is 135 Å². The molecule has 0 amide bonds. The molecule has 0 aliphatic heterocycles. The summed E-state index contributed by atoms with van der Waals surface area (Å²) >= 11 is 0. The predicted molar refractivity (Wildman–Crippen MR) is 376 cm³/mol. The minimum atomic E-state index is -1.40. The largest absolute Gasteiger partial charge is 0.508 e. The van der Waals surface area contributed by atoms with E-state index in [1.807, 2.05) is 30.3 Å². The Balaban J connectivity index is 0.000000137. The molecule has 3 atom stereocenters. The average molecular weight is 1420 g/mol. The first kappa shape index (κ1) is 71.8. The van der Waals surface area contributed by atoms with Crippen molar-refractivity contribution in [1.82, 2.24) is 0 Å². The lowest BCUT2D eigenvalue weighted by Gasteiger charge is -2.17. The lowest BCUT2D eigenvalue weighted by molar-refractivity contribution is -0.140. The van der Waals surface area contributed by atoms with Gasteiger partial charge in [0.25, 0.3) is 0 Å². The van der Waals surface area contributed by atoms with E-state index < -0.39 is 31.4 Å². The Hall–Kier alpha value is -12.0. The van der Waals surface area contributed by atoms with Gasteiger partial charge in [-0.3, -0.25) is 14.4 Å². The number of aliphatic carboxylic acids is 1. The van der Waals surface area contributed by atoms with Crippen molar-refractivity contribution >= 4 is 63.4 Å². The van der Waals surface area contributed by atoms with Gasteiger partial charge in [0.1, 0.15) is 116 Å². The van der Waals surface area contributed by atoms with Crippen molar-refractivity contribution in [3.8, 4) is 63.2 Å². The molecule has 20 nitrogen and oxygen atoms in total. The van der Waals surface area contributed by atoms with Crippen molar-refractivity contribution in [1.29, 1.82) is 0 Å². The number of ether oxygens (including phenoxy) is 10. The average Bonchev–Trinajstić information content (AvgIpc) is 1.63. The van der Waals surface area contributed by atoms with Crippen molar-refractivity contribution in [3.05, 3.63) is 250 Å². The smallest absolute Gasteiger partial charge is 0.488 e. The molecule has 9 aromatic carbocycles. The highest BCUT2D eigenvalue weighted by Crippen LogP contribution is 2.46. The topological polar surface area (TPSA) is 264 Å². The Kier molecular flexibility index (Phi) is 22.3. The van der Waals surface area contributed by atoms with Crippen LogP contribution in [0.5, 0.6) is 63.2 Å². The predicted octanol–water partition coefficient (Wildman–Crippen LogP) is 15.7. The van der Waals surface area contributed by atoms with E-state index in [9.17, 15) is 32.7 Å². The third-order valence-corrected chi connectivity index (χ3v) is 17.9. The Morgan fingerprint density at radius 1 is 0.423 bits per heavy atom. The number of furan rings is 3. The molecule has 3 heterocycles. The quantitative estimate of drug-likeness (QED) is 0.0408. The molecule has 104 heavy (non-hydrogen) atoms. The van der Waals surface area contributed by atoms with Crippen LogP contribution >= 0.6 is 0 Å². The lowest BCUT2D eigenvalue weighted by Crippen LogP contribution is -2.29. The molecule has 0 spiro atoms. The maximum absolute atomic E-state index is 14.9. The lowest BCUT2D eigenvalue weighted by atomic mass is 9.80. The molecule has 0 unspecified atom stereocenters. The summed E-state index contributed by atoms with van der Waals surface area (Å²) in [5.41, 5.74) is 7.86. The number of hydrogen-bond acceptors (Lipinski definition) is 19. The van der Waals surface area contributed by atoms with E-state index in [1.165, 1.54) is 51.0 Å². The van der Waals surface area contributed by atoms with Crippen LogP contribution in [-0.4, -0.2) is 80.8 Å². The van der Waals surface area contributed by atoms with E-state index in [0.717, 1.165) is 49.9 Å². The van der Waals surface area contributed by atoms with Gasteiger partial charge in [-0.1, -0.05) is 12.1 Å². The normalized spacial score (nSPS) is 14.4. The van der Waals surface area contributed by atoms with E-state index in [2.05, 4.69) is 4.74 Å². The minimum absolute atomic E-state index is 0.0986. The van der Waals surface area contributed by atoms with Gasteiger partial charge in [0, 0.05) is 84.4 Å². The zero-order chi connectivity index (χ0) is 73.1. The fourth-order valence-corrected chi connectivity index (χ4v) is 12.7. The molecule has 0 saturated carbocycles. The molecule has 0 radical (unpaired) electrons. The van der Waals surface area contributed by atoms with Crippen LogP contribution in [0.3, 0.4) is 0 Å². The molecular weight excluding hydrogens is 1350 g/mol. The highest BCUT2D eigenvalue weighted by Gasteiger charge is 2.34. The molecule has 0 bridgehead atoms. The molecule has 24 heteroatoms. The summed E-state index contributed by atoms with van der Waals surface area (Å²) in [5, 5.41) is 38.7. The van der Waals surface area contributed by atoms with Crippen LogP contribution in [0.1, 0.15) is 87.6 Å². The van der Waals surface area contributed by atoms with E-state index >= 15 is 0 Å². The Bertz CT molecular complexity index is 5050. The van der Waals surface area contributed by atoms with Crippen LogP contribution in [0, 0.1) is 17.5 Å². The summed E-state index contributed by atoms with van der Waals surface area (Å²) < 4.78 is 115. The molecular formula is C80H70BF3O20. The number of carboxylic acids is 1. The van der Waals surface area contributed by atoms with Gasteiger partial charge in [-0.2, -0.15) is 0 Å². The number of carbonyl (C=O) groups is 3. The number of phenolic OH excluding ortho intramolecular Hbond substituents is 1. The summed E-state index contributed by atoms with van der Waals surface area (Å²) in [6, 6.07) is 45.6. The number of benzene rings is 9. The Morgan fingerprint density at radius 2 is 0.750 bits per heavy atom. The number of esters is 2. The van der Waals surface area contributed by atoms with E-state index in [1.54, 1.807) is 137 Å². The molecule has 15 rings (SSSR count). The molecule has 4 N–H and O–H groups in total. The zero-order valence-corrected chi connectivity index (χ0v) is 56.9. The summed E-state index contributed by atoms with van der Waals surface area (Å²) in [6.45, 7) is 0. The molecule has 3 aliphatic carbocycles. The molecule has 534 valence electrons.